The molecular formula is C15H16N4O2. The largest absolute Gasteiger partial charge is 0.491 e. The molecule has 21 heavy (non-hydrogen) atoms. The number of oxime groups is 1. The number of fused-ring (bicyclic) bond motifs is 1. The number of pyridine rings is 1. The molecule has 2 aromatic rings. The van der Waals surface area contributed by atoms with Crippen LogP contribution in [0.4, 0.5) is 11.5 Å². The molecule has 0 spiro atoms. The van der Waals surface area contributed by atoms with Crippen molar-refractivity contribution in [3.63, 3.8) is 0 Å². The SMILES string of the molecule is N/C(=N/O)c1cccnc1N1CCCOc2ccccc21. The Hall–Kier alpha value is -2.76. The summed E-state index contributed by atoms with van der Waals surface area (Å²) in [6.45, 7) is 1.40. The van der Waals surface area contributed by atoms with E-state index in [2.05, 4.69) is 10.1 Å². The van der Waals surface area contributed by atoms with Crippen molar-refractivity contribution in [3.8, 4) is 5.75 Å². The molecule has 0 bridgehead atoms. The van der Waals surface area contributed by atoms with Crippen molar-refractivity contribution in [1.29, 1.82) is 0 Å². The Labute approximate surface area is 122 Å². The smallest absolute Gasteiger partial charge is 0.173 e. The van der Waals surface area contributed by atoms with E-state index in [4.69, 9.17) is 15.7 Å². The third-order valence-electron chi connectivity index (χ3n) is 3.37. The Balaban J connectivity index is 2.13. The van der Waals surface area contributed by atoms with Gasteiger partial charge in [0.1, 0.15) is 11.6 Å². The highest BCUT2D eigenvalue weighted by Crippen LogP contribution is 2.36. The molecule has 0 fully saturated rings. The minimum atomic E-state index is 0.0424. The maximum atomic E-state index is 8.95. The monoisotopic (exact) mass is 284 g/mol. The summed E-state index contributed by atoms with van der Waals surface area (Å²) < 4.78 is 5.75. The van der Waals surface area contributed by atoms with Crippen molar-refractivity contribution in [2.45, 2.75) is 6.42 Å². The van der Waals surface area contributed by atoms with E-state index in [1.807, 2.05) is 29.2 Å². The molecule has 6 nitrogen and oxygen atoms in total. The van der Waals surface area contributed by atoms with Crippen molar-refractivity contribution < 1.29 is 9.94 Å². The van der Waals surface area contributed by atoms with E-state index < -0.39 is 0 Å². The van der Waals surface area contributed by atoms with Gasteiger partial charge in [-0.3, -0.25) is 0 Å². The van der Waals surface area contributed by atoms with E-state index in [0.29, 0.717) is 18.0 Å². The lowest BCUT2D eigenvalue weighted by Gasteiger charge is -2.24. The number of ether oxygens (including phenoxy) is 1. The van der Waals surface area contributed by atoms with Gasteiger partial charge in [0.25, 0.3) is 0 Å². The standard InChI is InChI=1S/C15H16N4O2/c16-14(18-20)11-5-3-8-17-15(11)19-9-4-10-21-13-7-2-1-6-12(13)19/h1-3,5-8,20H,4,9-10H2,(H2,16,18). The molecule has 0 unspecified atom stereocenters. The van der Waals surface area contributed by atoms with Gasteiger partial charge in [0.2, 0.25) is 0 Å². The normalized spacial score (nSPS) is 15.0. The number of benzene rings is 1. The maximum Gasteiger partial charge on any atom is 0.173 e. The van der Waals surface area contributed by atoms with Gasteiger partial charge in [-0.2, -0.15) is 0 Å². The first-order chi connectivity index (χ1) is 10.3. The van der Waals surface area contributed by atoms with E-state index in [0.717, 1.165) is 24.4 Å². The molecule has 0 saturated carbocycles. The van der Waals surface area contributed by atoms with Crippen LogP contribution in [0.3, 0.4) is 0 Å². The summed E-state index contributed by atoms with van der Waals surface area (Å²) in [7, 11) is 0. The van der Waals surface area contributed by atoms with E-state index in [1.165, 1.54) is 0 Å². The van der Waals surface area contributed by atoms with E-state index in [-0.39, 0.29) is 5.84 Å². The van der Waals surface area contributed by atoms with Crippen LogP contribution in [0.15, 0.2) is 47.8 Å². The first-order valence-electron chi connectivity index (χ1n) is 6.73. The molecule has 108 valence electrons. The highest BCUT2D eigenvalue weighted by Gasteiger charge is 2.21. The second kappa shape index (κ2) is 5.70. The number of rotatable bonds is 2. The molecule has 3 N–H and O–H groups in total. The molecule has 3 rings (SSSR count). The summed E-state index contributed by atoms with van der Waals surface area (Å²) >= 11 is 0. The van der Waals surface area contributed by atoms with Gasteiger partial charge in [0.15, 0.2) is 5.84 Å². The number of hydrogen-bond donors (Lipinski definition) is 2. The highest BCUT2D eigenvalue weighted by atomic mass is 16.5. The minimum Gasteiger partial charge on any atom is -0.491 e. The zero-order valence-corrected chi connectivity index (χ0v) is 11.4. The van der Waals surface area contributed by atoms with Gasteiger partial charge in [0.05, 0.1) is 17.9 Å². The number of nitrogens with zero attached hydrogens (tertiary/aromatic N) is 3. The van der Waals surface area contributed by atoms with Crippen molar-refractivity contribution in [3.05, 3.63) is 48.2 Å². The van der Waals surface area contributed by atoms with Crippen LogP contribution in [-0.4, -0.2) is 29.2 Å². The molecule has 0 aliphatic carbocycles. The summed E-state index contributed by atoms with van der Waals surface area (Å²) in [5, 5.41) is 12.0. The Morgan fingerprint density at radius 2 is 2.14 bits per heavy atom. The van der Waals surface area contributed by atoms with Crippen molar-refractivity contribution in [1.82, 2.24) is 4.98 Å². The van der Waals surface area contributed by atoms with E-state index in [9.17, 15) is 0 Å². The zero-order valence-electron chi connectivity index (χ0n) is 11.4. The fourth-order valence-corrected chi connectivity index (χ4v) is 2.41. The van der Waals surface area contributed by atoms with Crippen LogP contribution in [0.25, 0.3) is 0 Å². The lowest BCUT2D eigenvalue weighted by molar-refractivity contribution is 0.318. The molecule has 1 aliphatic heterocycles. The van der Waals surface area contributed by atoms with Crippen molar-refractivity contribution in [2.24, 2.45) is 10.9 Å². The molecule has 1 aliphatic rings. The molecule has 2 heterocycles. The summed E-state index contributed by atoms with van der Waals surface area (Å²) in [5.74, 6) is 1.51. The van der Waals surface area contributed by atoms with Gasteiger partial charge >= 0.3 is 0 Å². The van der Waals surface area contributed by atoms with Gasteiger partial charge in [-0.1, -0.05) is 17.3 Å². The molecule has 1 aromatic carbocycles. The predicted molar refractivity (Wildman–Crippen MR) is 80.3 cm³/mol. The fourth-order valence-electron chi connectivity index (χ4n) is 2.41. The first kappa shape index (κ1) is 13.2. The lowest BCUT2D eigenvalue weighted by atomic mass is 10.2. The third-order valence-corrected chi connectivity index (χ3v) is 3.37. The summed E-state index contributed by atoms with van der Waals surface area (Å²) in [5.41, 5.74) is 7.29. The first-order valence-corrected chi connectivity index (χ1v) is 6.73. The van der Waals surface area contributed by atoms with Crippen LogP contribution in [0.5, 0.6) is 5.75 Å². The summed E-state index contributed by atoms with van der Waals surface area (Å²) in [6.07, 6.45) is 2.55. The third kappa shape index (κ3) is 2.47. The van der Waals surface area contributed by atoms with Crippen LogP contribution < -0.4 is 15.4 Å². The van der Waals surface area contributed by atoms with Crippen molar-refractivity contribution >= 4 is 17.3 Å². The average Bonchev–Trinajstić information content (AvgIpc) is 2.76. The molecular weight excluding hydrogens is 268 g/mol. The Morgan fingerprint density at radius 3 is 3.00 bits per heavy atom. The minimum absolute atomic E-state index is 0.0424. The number of nitrogens with two attached hydrogens (primary N) is 1. The molecule has 0 atom stereocenters. The van der Waals surface area contributed by atoms with Gasteiger partial charge < -0.3 is 20.6 Å². The second-order valence-corrected chi connectivity index (χ2v) is 4.68. The van der Waals surface area contributed by atoms with Crippen LogP contribution in [0.2, 0.25) is 0 Å². The number of anilines is 2. The van der Waals surface area contributed by atoms with Crippen LogP contribution in [0, 0.1) is 0 Å². The molecule has 0 amide bonds. The Morgan fingerprint density at radius 1 is 1.29 bits per heavy atom. The van der Waals surface area contributed by atoms with E-state index >= 15 is 0 Å². The maximum absolute atomic E-state index is 8.95. The lowest BCUT2D eigenvalue weighted by Crippen LogP contribution is -2.24. The number of para-hydroxylation sites is 2. The van der Waals surface area contributed by atoms with Crippen molar-refractivity contribution in [2.75, 3.05) is 18.1 Å². The average molecular weight is 284 g/mol. The second-order valence-electron chi connectivity index (χ2n) is 4.68. The van der Waals surface area contributed by atoms with Gasteiger partial charge in [0, 0.05) is 12.7 Å². The fraction of sp³-hybridized carbons (Fsp3) is 0.200. The van der Waals surface area contributed by atoms with Gasteiger partial charge in [-0.15, -0.1) is 0 Å². The molecule has 1 aromatic heterocycles. The molecule has 6 heteroatoms. The van der Waals surface area contributed by atoms with Crippen LogP contribution >= 0.6 is 0 Å². The number of aromatic nitrogens is 1. The van der Waals surface area contributed by atoms with Gasteiger partial charge in [-0.25, -0.2) is 4.98 Å². The highest BCUT2D eigenvalue weighted by molar-refractivity contribution is 6.02. The molecule has 0 radical (unpaired) electrons. The van der Waals surface area contributed by atoms with Crippen LogP contribution in [-0.2, 0) is 0 Å². The predicted octanol–water partition coefficient (Wildman–Crippen LogP) is 2.10. The molecule has 0 saturated heterocycles. The Bertz CT molecular complexity index is 672. The Kier molecular flexibility index (Phi) is 3.59. The van der Waals surface area contributed by atoms with Gasteiger partial charge in [-0.05, 0) is 30.7 Å². The van der Waals surface area contributed by atoms with E-state index in [1.54, 1.807) is 18.3 Å². The summed E-state index contributed by atoms with van der Waals surface area (Å²) in [6, 6.07) is 11.3. The zero-order chi connectivity index (χ0) is 14.7. The summed E-state index contributed by atoms with van der Waals surface area (Å²) in [4.78, 5) is 6.45. The topological polar surface area (TPSA) is 84.0 Å². The number of amidine groups is 1. The van der Waals surface area contributed by atoms with Crippen LogP contribution in [0.1, 0.15) is 12.0 Å². The quantitative estimate of drug-likeness (QED) is 0.382. The number of hydrogen-bond acceptors (Lipinski definition) is 5.